The molecule has 1 aromatic carbocycles. The zero-order valence-corrected chi connectivity index (χ0v) is 18.4. The molecule has 1 amide bonds. The van der Waals surface area contributed by atoms with Crippen LogP contribution in [-0.2, 0) is 27.7 Å². The van der Waals surface area contributed by atoms with E-state index in [9.17, 15) is 13.2 Å². The molecule has 0 bridgehead atoms. The van der Waals surface area contributed by atoms with Gasteiger partial charge in [0.05, 0.1) is 5.69 Å². The number of carbonyl (C=O) groups is 1. The molecule has 1 aliphatic carbocycles. The highest BCUT2D eigenvalue weighted by Crippen LogP contribution is 2.33. The molecule has 7 nitrogen and oxygen atoms in total. The Bertz CT molecular complexity index is 1130. The molecule has 1 saturated heterocycles. The van der Waals surface area contributed by atoms with Crippen LogP contribution in [0.25, 0.3) is 0 Å². The number of nitrogens with zero attached hydrogens (tertiary/aromatic N) is 3. The number of hydrogen-bond donors (Lipinski definition) is 1. The lowest BCUT2D eigenvalue weighted by Crippen LogP contribution is -2.41. The first-order valence-corrected chi connectivity index (χ1v) is 12.6. The van der Waals surface area contributed by atoms with Crippen LogP contribution in [0.3, 0.4) is 0 Å². The second kappa shape index (κ2) is 7.46. The maximum absolute atomic E-state index is 12.8. The SMILES string of the molecule is C[C@@H]1CCc2nc(NC(=O)C3CCN(C4=NS(=O)(=O)c5ccccc54)CC3)sc2C1. The van der Waals surface area contributed by atoms with E-state index < -0.39 is 10.0 Å². The largest absolute Gasteiger partial charge is 0.355 e. The van der Waals surface area contributed by atoms with Gasteiger partial charge < -0.3 is 10.2 Å². The summed E-state index contributed by atoms with van der Waals surface area (Å²) in [6, 6.07) is 6.92. The fourth-order valence-electron chi connectivity index (χ4n) is 4.47. The summed E-state index contributed by atoms with van der Waals surface area (Å²) in [6.07, 6.45) is 4.53. The summed E-state index contributed by atoms with van der Waals surface area (Å²) in [5, 5.41) is 3.73. The highest BCUT2D eigenvalue weighted by molar-refractivity contribution is 7.90. The Morgan fingerprint density at radius 1 is 1.20 bits per heavy atom. The molecular weight excluding hydrogens is 420 g/mol. The van der Waals surface area contributed by atoms with E-state index in [0.29, 0.717) is 48.4 Å². The fourth-order valence-corrected chi connectivity index (χ4v) is 6.87. The van der Waals surface area contributed by atoms with E-state index in [-0.39, 0.29) is 16.7 Å². The number of fused-ring (bicyclic) bond motifs is 2. The van der Waals surface area contributed by atoms with Gasteiger partial charge in [0.2, 0.25) is 5.91 Å². The molecular formula is C21H24N4O3S2. The van der Waals surface area contributed by atoms with Crippen LogP contribution in [0.1, 0.15) is 42.3 Å². The van der Waals surface area contributed by atoms with Crippen LogP contribution in [-0.4, -0.2) is 43.1 Å². The predicted octanol–water partition coefficient (Wildman–Crippen LogP) is 3.07. The van der Waals surface area contributed by atoms with Crippen molar-refractivity contribution in [2.75, 3.05) is 18.4 Å². The molecule has 1 N–H and O–H groups in total. The van der Waals surface area contributed by atoms with Gasteiger partial charge in [-0.05, 0) is 50.2 Å². The Hall–Kier alpha value is -2.26. The minimum atomic E-state index is -3.62. The molecule has 1 atom stereocenters. The average Bonchev–Trinajstić information content (AvgIpc) is 3.25. The molecule has 0 spiro atoms. The Kier molecular flexibility index (Phi) is 4.89. The van der Waals surface area contributed by atoms with Gasteiger partial charge in [-0.25, -0.2) is 4.98 Å². The Morgan fingerprint density at radius 3 is 2.77 bits per heavy atom. The molecule has 1 aromatic heterocycles. The van der Waals surface area contributed by atoms with Crippen molar-refractivity contribution in [3.05, 3.63) is 40.4 Å². The zero-order valence-electron chi connectivity index (χ0n) is 16.8. The number of aryl methyl sites for hydroxylation is 1. The number of sulfonamides is 1. The van der Waals surface area contributed by atoms with Crippen molar-refractivity contribution in [2.24, 2.45) is 16.2 Å². The van der Waals surface area contributed by atoms with E-state index in [2.05, 4.69) is 21.6 Å². The summed E-state index contributed by atoms with van der Waals surface area (Å²) in [6.45, 7) is 3.46. The van der Waals surface area contributed by atoms with E-state index in [0.717, 1.165) is 25.0 Å². The number of aromatic nitrogens is 1. The number of likely N-dealkylation sites (tertiary alicyclic amines) is 1. The molecule has 3 heterocycles. The van der Waals surface area contributed by atoms with Crippen LogP contribution in [0, 0.1) is 11.8 Å². The predicted molar refractivity (Wildman–Crippen MR) is 116 cm³/mol. The number of amidine groups is 1. The van der Waals surface area contributed by atoms with Crippen LogP contribution < -0.4 is 5.32 Å². The highest BCUT2D eigenvalue weighted by atomic mass is 32.2. The number of benzene rings is 1. The smallest absolute Gasteiger partial charge is 0.285 e. The van der Waals surface area contributed by atoms with Crippen LogP contribution in [0.2, 0.25) is 0 Å². The quantitative estimate of drug-likeness (QED) is 0.769. The second-order valence-electron chi connectivity index (χ2n) is 8.37. The average molecular weight is 445 g/mol. The molecule has 2 aliphatic heterocycles. The minimum Gasteiger partial charge on any atom is -0.355 e. The number of nitrogens with one attached hydrogen (secondary N) is 1. The van der Waals surface area contributed by atoms with Crippen molar-refractivity contribution in [2.45, 2.75) is 43.9 Å². The molecule has 30 heavy (non-hydrogen) atoms. The third-order valence-corrected chi connectivity index (χ3v) is 8.55. The molecule has 0 radical (unpaired) electrons. The second-order valence-corrected chi connectivity index (χ2v) is 11.0. The van der Waals surface area contributed by atoms with Gasteiger partial charge in [-0.1, -0.05) is 19.1 Å². The van der Waals surface area contributed by atoms with Crippen molar-refractivity contribution >= 4 is 38.2 Å². The molecule has 3 aliphatic rings. The lowest BCUT2D eigenvalue weighted by atomic mass is 9.93. The number of piperidine rings is 1. The summed E-state index contributed by atoms with van der Waals surface area (Å²) >= 11 is 1.61. The number of hydrogen-bond acceptors (Lipinski definition) is 6. The summed E-state index contributed by atoms with van der Waals surface area (Å²) in [5.74, 6) is 1.09. The van der Waals surface area contributed by atoms with Gasteiger partial charge in [0, 0.05) is 29.4 Å². The summed E-state index contributed by atoms with van der Waals surface area (Å²) in [4.78, 5) is 21.0. The Balaban J connectivity index is 1.23. The molecule has 0 unspecified atom stereocenters. The first-order valence-electron chi connectivity index (χ1n) is 10.4. The van der Waals surface area contributed by atoms with Gasteiger partial charge in [-0.2, -0.15) is 8.42 Å². The van der Waals surface area contributed by atoms with Crippen molar-refractivity contribution < 1.29 is 13.2 Å². The summed E-state index contributed by atoms with van der Waals surface area (Å²) in [5.41, 5.74) is 1.80. The molecule has 158 valence electrons. The lowest BCUT2D eigenvalue weighted by Gasteiger charge is -2.32. The normalized spacial score (nSPS) is 22.9. The molecule has 1 fully saturated rings. The monoisotopic (exact) mass is 444 g/mol. The van der Waals surface area contributed by atoms with Gasteiger partial charge in [-0.15, -0.1) is 15.7 Å². The topological polar surface area (TPSA) is 91.7 Å². The van der Waals surface area contributed by atoms with Crippen molar-refractivity contribution in [3.63, 3.8) is 0 Å². The number of thiazole rings is 1. The highest BCUT2D eigenvalue weighted by Gasteiger charge is 2.34. The van der Waals surface area contributed by atoms with Crippen molar-refractivity contribution in [1.82, 2.24) is 9.88 Å². The maximum Gasteiger partial charge on any atom is 0.285 e. The van der Waals surface area contributed by atoms with Crippen LogP contribution >= 0.6 is 11.3 Å². The molecule has 5 rings (SSSR count). The van der Waals surface area contributed by atoms with Crippen LogP contribution in [0.15, 0.2) is 33.6 Å². The van der Waals surface area contributed by atoms with Gasteiger partial charge in [-0.3, -0.25) is 4.79 Å². The lowest BCUT2D eigenvalue weighted by molar-refractivity contribution is -0.120. The Labute approximate surface area is 180 Å². The third kappa shape index (κ3) is 3.54. The van der Waals surface area contributed by atoms with E-state index in [4.69, 9.17) is 0 Å². The van der Waals surface area contributed by atoms with E-state index >= 15 is 0 Å². The van der Waals surface area contributed by atoms with Gasteiger partial charge in [0.25, 0.3) is 10.0 Å². The zero-order chi connectivity index (χ0) is 20.9. The Morgan fingerprint density at radius 2 is 1.97 bits per heavy atom. The number of rotatable bonds is 2. The standard InChI is InChI=1S/C21H24N4O3S2/c1-13-6-7-16-17(12-13)29-21(22-16)23-20(26)14-8-10-25(11-9-14)19-15-4-2-3-5-18(15)30(27,28)24-19/h2-5,13-14H,6-12H2,1H3,(H,22,23,26)/t13-/m1/s1. The van der Waals surface area contributed by atoms with Gasteiger partial charge >= 0.3 is 0 Å². The maximum atomic E-state index is 12.8. The van der Waals surface area contributed by atoms with Crippen LogP contribution in [0.4, 0.5) is 5.13 Å². The van der Waals surface area contributed by atoms with Gasteiger partial charge in [0.1, 0.15) is 4.90 Å². The molecule has 9 heteroatoms. The molecule has 0 saturated carbocycles. The number of anilines is 1. The minimum absolute atomic E-state index is 0.00942. The third-order valence-electron chi connectivity index (χ3n) is 6.19. The van der Waals surface area contributed by atoms with Crippen molar-refractivity contribution in [1.29, 1.82) is 0 Å². The van der Waals surface area contributed by atoms with Crippen molar-refractivity contribution in [3.8, 4) is 0 Å². The summed E-state index contributed by atoms with van der Waals surface area (Å²) in [7, 11) is -3.62. The van der Waals surface area contributed by atoms with Gasteiger partial charge in [0.15, 0.2) is 11.0 Å². The summed E-state index contributed by atoms with van der Waals surface area (Å²) < 4.78 is 28.6. The number of carbonyl (C=O) groups excluding carboxylic acids is 1. The molecule has 2 aromatic rings. The van der Waals surface area contributed by atoms with E-state index in [1.165, 1.54) is 4.88 Å². The van der Waals surface area contributed by atoms with Crippen LogP contribution in [0.5, 0.6) is 0 Å². The fraction of sp³-hybridized carbons (Fsp3) is 0.476. The number of amides is 1. The first kappa shape index (κ1) is 19.7. The van der Waals surface area contributed by atoms with E-state index in [1.54, 1.807) is 29.5 Å². The first-order chi connectivity index (χ1) is 14.4. The van der Waals surface area contributed by atoms with E-state index in [1.807, 2.05) is 11.0 Å².